The molecule has 106 valence electrons. The maximum absolute atomic E-state index is 3.70. The molecule has 0 aliphatic carbocycles. The third kappa shape index (κ3) is 3.86. The molecule has 0 amide bonds. The number of piperazine rings is 1. The molecule has 3 nitrogen and oxygen atoms in total. The van der Waals surface area contributed by atoms with Crippen molar-refractivity contribution in [3.8, 4) is 0 Å². The number of hydrogen-bond donors (Lipinski definition) is 1. The fraction of sp³-hybridized carbons (Fsp3) is 1.00. The van der Waals surface area contributed by atoms with Crippen molar-refractivity contribution in [1.82, 2.24) is 15.1 Å². The van der Waals surface area contributed by atoms with E-state index in [0.717, 1.165) is 6.54 Å². The van der Waals surface area contributed by atoms with Crippen LogP contribution in [-0.2, 0) is 0 Å². The summed E-state index contributed by atoms with van der Waals surface area (Å²) in [5, 5.41) is 3.70. The molecule has 0 bridgehead atoms. The molecule has 0 aromatic rings. The minimum absolute atomic E-state index is 0.324. The second-order valence-electron chi connectivity index (χ2n) is 6.07. The van der Waals surface area contributed by atoms with Gasteiger partial charge in [0.05, 0.1) is 0 Å². The molecule has 2 fully saturated rings. The third-order valence-electron chi connectivity index (χ3n) is 4.59. The van der Waals surface area contributed by atoms with Crippen molar-refractivity contribution < 1.29 is 0 Å². The van der Waals surface area contributed by atoms with E-state index in [1.165, 1.54) is 50.7 Å². The van der Waals surface area contributed by atoms with Crippen molar-refractivity contribution >= 4 is 11.8 Å². The van der Waals surface area contributed by atoms with Gasteiger partial charge in [0.25, 0.3) is 0 Å². The van der Waals surface area contributed by atoms with Crippen LogP contribution in [0, 0.1) is 0 Å². The largest absolute Gasteiger partial charge is 0.309 e. The second kappa shape index (κ2) is 6.60. The summed E-state index contributed by atoms with van der Waals surface area (Å²) < 4.78 is 0. The topological polar surface area (TPSA) is 18.5 Å². The normalized spacial score (nSPS) is 35.8. The molecule has 2 heterocycles. The number of nitrogens with zero attached hydrogens (tertiary/aromatic N) is 2. The third-order valence-corrected chi connectivity index (χ3v) is 5.53. The SMILES string of the molecule is CCC1(C)CN(CCN2CCSCC2)C(C)CN1. The number of thioether (sulfide) groups is 1. The molecule has 0 spiro atoms. The van der Waals surface area contributed by atoms with E-state index in [4.69, 9.17) is 0 Å². The monoisotopic (exact) mass is 271 g/mol. The number of hydrogen-bond acceptors (Lipinski definition) is 4. The van der Waals surface area contributed by atoms with Crippen molar-refractivity contribution in [2.24, 2.45) is 0 Å². The van der Waals surface area contributed by atoms with Gasteiger partial charge < -0.3 is 10.2 Å². The van der Waals surface area contributed by atoms with Crippen LogP contribution in [0.15, 0.2) is 0 Å². The summed E-state index contributed by atoms with van der Waals surface area (Å²) in [6.07, 6.45) is 1.22. The van der Waals surface area contributed by atoms with Gasteiger partial charge in [-0.1, -0.05) is 6.92 Å². The molecule has 1 N–H and O–H groups in total. The smallest absolute Gasteiger partial charge is 0.0278 e. The molecule has 0 saturated carbocycles. The molecular formula is C14H29N3S. The lowest BCUT2D eigenvalue weighted by atomic mass is 9.94. The molecule has 18 heavy (non-hydrogen) atoms. The highest BCUT2D eigenvalue weighted by Crippen LogP contribution is 2.18. The van der Waals surface area contributed by atoms with Crippen LogP contribution in [0.1, 0.15) is 27.2 Å². The van der Waals surface area contributed by atoms with Crippen LogP contribution in [-0.4, -0.2) is 72.2 Å². The molecule has 0 aromatic carbocycles. The predicted octanol–water partition coefficient (Wildman–Crippen LogP) is 1.50. The molecule has 2 rings (SSSR count). The van der Waals surface area contributed by atoms with Crippen LogP contribution in [0.5, 0.6) is 0 Å². The highest BCUT2D eigenvalue weighted by atomic mass is 32.2. The molecule has 4 heteroatoms. The lowest BCUT2D eigenvalue weighted by Gasteiger charge is -2.45. The standard InChI is InChI=1S/C14H29N3S/c1-4-14(3)12-17(13(2)11-15-14)6-5-16-7-9-18-10-8-16/h13,15H,4-12H2,1-3H3. The second-order valence-corrected chi connectivity index (χ2v) is 7.29. The summed E-state index contributed by atoms with van der Waals surface area (Å²) in [6.45, 7) is 14.4. The summed E-state index contributed by atoms with van der Waals surface area (Å²) >= 11 is 2.10. The van der Waals surface area contributed by atoms with E-state index in [-0.39, 0.29) is 0 Å². The van der Waals surface area contributed by atoms with E-state index in [1.807, 2.05) is 0 Å². The van der Waals surface area contributed by atoms with Gasteiger partial charge in [-0.05, 0) is 20.3 Å². The average Bonchev–Trinajstić information content (AvgIpc) is 2.41. The Hall–Kier alpha value is 0.230. The van der Waals surface area contributed by atoms with Gasteiger partial charge in [-0.15, -0.1) is 0 Å². The fourth-order valence-electron chi connectivity index (χ4n) is 2.81. The van der Waals surface area contributed by atoms with E-state index in [1.54, 1.807) is 0 Å². The van der Waals surface area contributed by atoms with Gasteiger partial charge in [-0.2, -0.15) is 11.8 Å². The van der Waals surface area contributed by atoms with Gasteiger partial charge in [0.2, 0.25) is 0 Å². The van der Waals surface area contributed by atoms with E-state index in [0.29, 0.717) is 11.6 Å². The predicted molar refractivity (Wildman–Crippen MR) is 81.5 cm³/mol. The Morgan fingerprint density at radius 3 is 2.67 bits per heavy atom. The van der Waals surface area contributed by atoms with Crippen molar-refractivity contribution in [1.29, 1.82) is 0 Å². The summed E-state index contributed by atoms with van der Waals surface area (Å²) in [4.78, 5) is 5.32. The molecular weight excluding hydrogens is 242 g/mol. The highest BCUT2D eigenvalue weighted by Gasteiger charge is 2.32. The first-order valence-corrected chi connectivity index (χ1v) is 8.57. The summed E-state index contributed by atoms with van der Waals surface area (Å²) in [7, 11) is 0. The zero-order chi connectivity index (χ0) is 13.0. The van der Waals surface area contributed by atoms with Gasteiger partial charge in [0.1, 0.15) is 0 Å². The molecule has 2 aliphatic heterocycles. The lowest BCUT2D eigenvalue weighted by Crippen LogP contribution is -2.62. The molecule has 2 saturated heterocycles. The van der Waals surface area contributed by atoms with E-state index in [2.05, 4.69) is 47.6 Å². The summed E-state index contributed by atoms with van der Waals surface area (Å²) in [5.74, 6) is 2.65. The number of rotatable bonds is 4. The molecule has 0 aromatic heterocycles. The first-order chi connectivity index (χ1) is 8.63. The van der Waals surface area contributed by atoms with Gasteiger partial charge >= 0.3 is 0 Å². The summed E-state index contributed by atoms with van der Waals surface area (Å²) in [6, 6.07) is 0.684. The molecule has 0 radical (unpaired) electrons. The maximum atomic E-state index is 3.70. The minimum atomic E-state index is 0.324. The zero-order valence-electron chi connectivity index (χ0n) is 12.2. The van der Waals surface area contributed by atoms with Gasteiger partial charge in [0.15, 0.2) is 0 Å². The molecule has 2 atom stereocenters. The van der Waals surface area contributed by atoms with E-state index < -0.39 is 0 Å². The van der Waals surface area contributed by atoms with Crippen LogP contribution in [0.25, 0.3) is 0 Å². The van der Waals surface area contributed by atoms with E-state index >= 15 is 0 Å². The van der Waals surface area contributed by atoms with Gasteiger partial charge in [0, 0.05) is 62.4 Å². The van der Waals surface area contributed by atoms with Crippen molar-refractivity contribution in [2.45, 2.75) is 38.8 Å². The zero-order valence-corrected chi connectivity index (χ0v) is 13.1. The van der Waals surface area contributed by atoms with Crippen LogP contribution < -0.4 is 5.32 Å². The quantitative estimate of drug-likeness (QED) is 0.835. The molecule has 2 aliphatic rings. The lowest BCUT2D eigenvalue weighted by molar-refractivity contribution is 0.0824. The number of nitrogens with one attached hydrogen (secondary N) is 1. The Kier molecular flexibility index (Phi) is 5.36. The van der Waals surface area contributed by atoms with Crippen LogP contribution in [0.2, 0.25) is 0 Å². The first kappa shape index (κ1) is 14.6. The Labute approximate surface area is 117 Å². The molecule has 2 unspecified atom stereocenters. The Balaban J connectivity index is 1.79. The Morgan fingerprint density at radius 2 is 2.00 bits per heavy atom. The highest BCUT2D eigenvalue weighted by molar-refractivity contribution is 7.99. The van der Waals surface area contributed by atoms with Crippen LogP contribution >= 0.6 is 11.8 Å². The van der Waals surface area contributed by atoms with Crippen LogP contribution in [0.3, 0.4) is 0 Å². The summed E-state index contributed by atoms with van der Waals surface area (Å²) in [5.41, 5.74) is 0.324. The average molecular weight is 271 g/mol. The first-order valence-electron chi connectivity index (χ1n) is 7.42. The minimum Gasteiger partial charge on any atom is -0.309 e. The van der Waals surface area contributed by atoms with Crippen molar-refractivity contribution in [3.05, 3.63) is 0 Å². The Bertz CT molecular complexity index is 255. The maximum Gasteiger partial charge on any atom is 0.0278 e. The van der Waals surface area contributed by atoms with Crippen LogP contribution in [0.4, 0.5) is 0 Å². The van der Waals surface area contributed by atoms with E-state index in [9.17, 15) is 0 Å². The van der Waals surface area contributed by atoms with Gasteiger partial charge in [-0.25, -0.2) is 0 Å². The van der Waals surface area contributed by atoms with Crippen molar-refractivity contribution in [3.63, 3.8) is 0 Å². The van der Waals surface area contributed by atoms with Crippen molar-refractivity contribution in [2.75, 3.05) is 50.8 Å². The van der Waals surface area contributed by atoms with Gasteiger partial charge in [-0.3, -0.25) is 4.90 Å². The Morgan fingerprint density at radius 1 is 1.28 bits per heavy atom. The fourth-order valence-corrected chi connectivity index (χ4v) is 3.79.